The summed E-state index contributed by atoms with van der Waals surface area (Å²) in [6.45, 7) is 5.13. The topological polar surface area (TPSA) is 97.2 Å². The van der Waals surface area contributed by atoms with Crippen molar-refractivity contribution in [1.29, 1.82) is 0 Å². The van der Waals surface area contributed by atoms with E-state index in [0.717, 1.165) is 41.2 Å². The summed E-state index contributed by atoms with van der Waals surface area (Å²) in [5.41, 5.74) is 12.3. The van der Waals surface area contributed by atoms with Gasteiger partial charge in [0.15, 0.2) is 0 Å². The average molecular weight is 352 g/mol. The van der Waals surface area contributed by atoms with E-state index >= 15 is 0 Å². The molecule has 0 amide bonds. The van der Waals surface area contributed by atoms with Gasteiger partial charge in [0.25, 0.3) is 0 Å². The highest BCUT2D eigenvalue weighted by Gasteiger charge is 2.21. The number of rotatable bonds is 4. The fraction of sp³-hybridized carbons (Fsp3) is 0.357. The van der Waals surface area contributed by atoms with Gasteiger partial charge in [-0.2, -0.15) is 0 Å². The summed E-state index contributed by atoms with van der Waals surface area (Å²) in [4.78, 5) is 18.3. The summed E-state index contributed by atoms with van der Waals surface area (Å²) in [7, 11) is 0. The molecule has 2 aromatic heterocycles. The highest BCUT2D eigenvalue weighted by molar-refractivity contribution is 7.99. The van der Waals surface area contributed by atoms with Crippen LogP contribution in [0.4, 0.5) is 11.6 Å². The van der Waals surface area contributed by atoms with Crippen molar-refractivity contribution in [2.45, 2.75) is 16.8 Å². The first-order valence-corrected chi connectivity index (χ1v) is 8.36. The molecular weight excluding hydrogens is 334 g/mol. The summed E-state index contributed by atoms with van der Waals surface area (Å²) in [5, 5.41) is 1.25. The minimum Gasteiger partial charge on any atom is -0.382 e. The molecule has 122 valence electrons. The van der Waals surface area contributed by atoms with Crippen LogP contribution in [0, 0.1) is 6.92 Å². The predicted octanol–water partition coefficient (Wildman–Crippen LogP) is 1.56. The van der Waals surface area contributed by atoms with E-state index in [9.17, 15) is 0 Å². The molecule has 9 heteroatoms. The highest BCUT2D eigenvalue weighted by atomic mass is 35.5. The molecule has 0 aliphatic carbocycles. The second kappa shape index (κ2) is 6.88. The number of nitrogens with zero attached hydrogens (tertiary/aromatic N) is 5. The molecule has 1 aliphatic heterocycles. The lowest BCUT2D eigenvalue weighted by molar-refractivity contribution is 0.352. The number of aromatic nitrogens is 3. The normalized spacial score (nSPS) is 15.3. The Morgan fingerprint density at radius 3 is 2.87 bits per heavy atom. The lowest BCUT2D eigenvalue weighted by Gasteiger charge is -2.18. The molecule has 0 aromatic carbocycles. The van der Waals surface area contributed by atoms with Gasteiger partial charge >= 0.3 is 0 Å². The molecule has 0 spiro atoms. The monoisotopic (exact) mass is 351 g/mol. The molecule has 0 saturated carbocycles. The van der Waals surface area contributed by atoms with E-state index in [1.165, 1.54) is 11.8 Å². The lowest BCUT2D eigenvalue weighted by atomic mass is 10.4. The van der Waals surface area contributed by atoms with Crippen LogP contribution in [0.15, 0.2) is 28.4 Å². The number of anilines is 2. The number of halogens is 1. The van der Waals surface area contributed by atoms with Gasteiger partial charge in [0, 0.05) is 30.9 Å². The lowest BCUT2D eigenvalue weighted by Crippen LogP contribution is -2.30. The van der Waals surface area contributed by atoms with Crippen LogP contribution in [0.5, 0.6) is 0 Å². The number of hydrogen-bond donors (Lipinski definition) is 2. The second-order valence-corrected chi connectivity index (χ2v) is 6.62. The van der Waals surface area contributed by atoms with Crippen molar-refractivity contribution in [1.82, 2.24) is 19.9 Å². The van der Waals surface area contributed by atoms with Gasteiger partial charge in [0.05, 0.1) is 23.6 Å². The Bertz CT molecular complexity index is 712. The Morgan fingerprint density at radius 1 is 1.35 bits per heavy atom. The zero-order chi connectivity index (χ0) is 16.4. The fourth-order valence-electron chi connectivity index (χ4n) is 2.32. The third-order valence-electron chi connectivity index (χ3n) is 3.62. The van der Waals surface area contributed by atoms with Gasteiger partial charge in [-0.3, -0.25) is 4.90 Å². The summed E-state index contributed by atoms with van der Waals surface area (Å²) >= 11 is 7.62. The smallest absolute Gasteiger partial charge is 0.148 e. The zero-order valence-corrected chi connectivity index (χ0v) is 14.3. The van der Waals surface area contributed by atoms with Crippen molar-refractivity contribution in [3.05, 3.63) is 29.2 Å². The molecule has 0 bridgehead atoms. The van der Waals surface area contributed by atoms with Gasteiger partial charge < -0.3 is 16.4 Å². The van der Waals surface area contributed by atoms with E-state index in [4.69, 9.17) is 23.1 Å². The number of pyridine rings is 1. The molecule has 23 heavy (non-hydrogen) atoms. The van der Waals surface area contributed by atoms with Crippen LogP contribution in [-0.2, 0) is 0 Å². The molecule has 0 atom stereocenters. The maximum absolute atomic E-state index is 6.18. The summed E-state index contributed by atoms with van der Waals surface area (Å²) < 4.78 is 0. The summed E-state index contributed by atoms with van der Waals surface area (Å²) in [5.74, 6) is 1.18. The SMILES string of the molecule is Cc1nc(N2CCN(CN)C2)cnc1Sc1ccnc(N)c1Cl. The van der Waals surface area contributed by atoms with E-state index < -0.39 is 0 Å². The molecule has 1 aliphatic rings. The molecule has 7 nitrogen and oxygen atoms in total. The minimum absolute atomic E-state index is 0.317. The van der Waals surface area contributed by atoms with E-state index in [1.54, 1.807) is 12.4 Å². The molecule has 2 aromatic rings. The number of aryl methyl sites for hydroxylation is 1. The number of nitrogens with two attached hydrogens (primary N) is 2. The Morgan fingerprint density at radius 2 is 2.17 bits per heavy atom. The van der Waals surface area contributed by atoms with Gasteiger partial charge in [-0.05, 0) is 13.0 Å². The van der Waals surface area contributed by atoms with Gasteiger partial charge in [-0.1, -0.05) is 23.4 Å². The van der Waals surface area contributed by atoms with Crippen LogP contribution in [0.25, 0.3) is 0 Å². The molecule has 1 fully saturated rings. The molecule has 1 saturated heterocycles. The molecule has 3 heterocycles. The Kier molecular flexibility index (Phi) is 4.86. The quantitative estimate of drug-likeness (QED) is 0.856. The van der Waals surface area contributed by atoms with Gasteiger partial charge in [-0.25, -0.2) is 15.0 Å². The van der Waals surface area contributed by atoms with Crippen LogP contribution < -0.4 is 16.4 Å². The standard InChI is InChI=1S/C14H18ClN7S/c1-9-14(23-10-2-3-18-13(17)12(10)15)19-6-11(20-9)22-5-4-21(7-16)8-22/h2-3,6H,4-5,7-8,16H2,1H3,(H2,17,18). The summed E-state index contributed by atoms with van der Waals surface area (Å²) in [6.07, 6.45) is 3.42. The Hall–Kier alpha value is -1.61. The van der Waals surface area contributed by atoms with Crippen LogP contribution in [0.2, 0.25) is 5.02 Å². The third kappa shape index (κ3) is 3.50. The van der Waals surface area contributed by atoms with Crippen LogP contribution in [0.1, 0.15) is 5.69 Å². The third-order valence-corrected chi connectivity index (χ3v) is 5.28. The zero-order valence-electron chi connectivity index (χ0n) is 12.7. The first kappa shape index (κ1) is 16.3. The molecule has 0 unspecified atom stereocenters. The van der Waals surface area contributed by atoms with E-state index in [1.807, 2.05) is 13.0 Å². The van der Waals surface area contributed by atoms with Crippen molar-refractivity contribution in [3.63, 3.8) is 0 Å². The van der Waals surface area contributed by atoms with Crippen molar-refractivity contribution in [3.8, 4) is 0 Å². The Balaban J connectivity index is 1.79. The van der Waals surface area contributed by atoms with Crippen molar-refractivity contribution < 1.29 is 0 Å². The molecule has 3 rings (SSSR count). The molecule has 0 radical (unpaired) electrons. The minimum atomic E-state index is 0.317. The van der Waals surface area contributed by atoms with Gasteiger partial charge in [0.1, 0.15) is 16.7 Å². The second-order valence-electron chi connectivity index (χ2n) is 5.21. The van der Waals surface area contributed by atoms with Crippen LogP contribution >= 0.6 is 23.4 Å². The Labute approximate surface area is 144 Å². The largest absolute Gasteiger partial charge is 0.382 e. The number of hydrogen-bond acceptors (Lipinski definition) is 8. The highest BCUT2D eigenvalue weighted by Crippen LogP contribution is 2.35. The maximum atomic E-state index is 6.18. The maximum Gasteiger partial charge on any atom is 0.148 e. The molecular formula is C14H18ClN7S. The fourth-order valence-corrected chi connectivity index (χ4v) is 3.37. The average Bonchev–Trinajstić information content (AvgIpc) is 3.02. The number of nitrogen functional groups attached to an aromatic ring is 1. The van der Waals surface area contributed by atoms with Gasteiger partial charge in [-0.15, -0.1) is 0 Å². The predicted molar refractivity (Wildman–Crippen MR) is 92.5 cm³/mol. The van der Waals surface area contributed by atoms with Crippen LogP contribution in [0.3, 0.4) is 0 Å². The van der Waals surface area contributed by atoms with Crippen molar-refractivity contribution in [2.75, 3.05) is 37.1 Å². The van der Waals surface area contributed by atoms with Crippen molar-refractivity contribution in [2.24, 2.45) is 5.73 Å². The van der Waals surface area contributed by atoms with Crippen molar-refractivity contribution >= 4 is 35.0 Å². The first-order chi connectivity index (χ1) is 11.1. The first-order valence-electron chi connectivity index (χ1n) is 7.17. The molecule has 4 N–H and O–H groups in total. The van der Waals surface area contributed by atoms with E-state index in [0.29, 0.717) is 17.5 Å². The summed E-state index contributed by atoms with van der Waals surface area (Å²) in [6, 6.07) is 1.82. The van der Waals surface area contributed by atoms with Gasteiger partial charge in [0.2, 0.25) is 0 Å². The van der Waals surface area contributed by atoms with E-state index in [2.05, 4.69) is 24.8 Å². The van der Waals surface area contributed by atoms with Crippen LogP contribution in [-0.4, -0.2) is 46.3 Å². The van der Waals surface area contributed by atoms with E-state index in [-0.39, 0.29) is 0 Å².